The van der Waals surface area contributed by atoms with Crippen molar-refractivity contribution in [2.24, 2.45) is 0 Å². The molecule has 1 aliphatic rings. The average Bonchev–Trinajstić information content (AvgIpc) is 2.75. The van der Waals surface area contributed by atoms with Crippen LogP contribution in [-0.4, -0.2) is 43.6 Å². The van der Waals surface area contributed by atoms with Gasteiger partial charge in [-0.15, -0.1) is 0 Å². The standard InChI is InChI=1S/C22H25NO5/c1-15(28-14-16-5-4-6-20(11-16)26-2)21(24)23-10-9-17-7-8-18(22(25)27-3)12-19(17)13-23/h4-8,11-12,15H,9-10,13-14H2,1-3H3/t15-/m0/s1. The highest BCUT2D eigenvalue weighted by Gasteiger charge is 2.26. The molecule has 0 unspecified atom stereocenters. The molecule has 28 heavy (non-hydrogen) atoms. The third kappa shape index (κ3) is 4.51. The second-order valence-electron chi connectivity index (χ2n) is 6.79. The lowest BCUT2D eigenvalue weighted by Crippen LogP contribution is -2.42. The number of hydrogen-bond donors (Lipinski definition) is 0. The third-order valence-corrected chi connectivity index (χ3v) is 4.93. The van der Waals surface area contributed by atoms with Crippen molar-refractivity contribution in [2.75, 3.05) is 20.8 Å². The second-order valence-corrected chi connectivity index (χ2v) is 6.79. The van der Waals surface area contributed by atoms with Crippen LogP contribution in [0.2, 0.25) is 0 Å². The van der Waals surface area contributed by atoms with Crippen LogP contribution in [-0.2, 0) is 33.8 Å². The Labute approximate surface area is 165 Å². The molecule has 6 heteroatoms. The fourth-order valence-electron chi connectivity index (χ4n) is 3.30. The molecule has 2 aromatic carbocycles. The van der Waals surface area contributed by atoms with Crippen molar-refractivity contribution in [3.05, 3.63) is 64.7 Å². The molecule has 148 valence electrons. The Kier molecular flexibility index (Phi) is 6.31. The summed E-state index contributed by atoms with van der Waals surface area (Å²) < 4.78 is 15.8. The molecule has 0 aliphatic carbocycles. The van der Waals surface area contributed by atoms with Gasteiger partial charge in [-0.2, -0.15) is 0 Å². The van der Waals surface area contributed by atoms with Gasteiger partial charge < -0.3 is 19.1 Å². The summed E-state index contributed by atoms with van der Waals surface area (Å²) in [5.74, 6) is 0.326. The minimum Gasteiger partial charge on any atom is -0.497 e. The van der Waals surface area contributed by atoms with Crippen molar-refractivity contribution >= 4 is 11.9 Å². The van der Waals surface area contributed by atoms with E-state index in [1.165, 1.54) is 7.11 Å². The topological polar surface area (TPSA) is 65.1 Å². The Hall–Kier alpha value is -2.86. The smallest absolute Gasteiger partial charge is 0.337 e. The molecule has 0 saturated heterocycles. The molecule has 0 fully saturated rings. The summed E-state index contributed by atoms with van der Waals surface area (Å²) in [4.78, 5) is 26.3. The summed E-state index contributed by atoms with van der Waals surface area (Å²) in [5.41, 5.74) is 3.58. The molecule has 1 heterocycles. The van der Waals surface area contributed by atoms with Gasteiger partial charge in [-0.25, -0.2) is 4.79 Å². The van der Waals surface area contributed by atoms with E-state index >= 15 is 0 Å². The number of amides is 1. The first kappa shape index (κ1) is 19.9. The monoisotopic (exact) mass is 383 g/mol. The Balaban J connectivity index is 1.62. The molecule has 0 bridgehead atoms. The van der Waals surface area contributed by atoms with Gasteiger partial charge in [0, 0.05) is 13.1 Å². The van der Waals surface area contributed by atoms with Gasteiger partial charge in [0.2, 0.25) is 0 Å². The fraction of sp³-hybridized carbons (Fsp3) is 0.364. The van der Waals surface area contributed by atoms with E-state index in [2.05, 4.69) is 0 Å². The second kappa shape index (κ2) is 8.89. The summed E-state index contributed by atoms with van der Waals surface area (Å²) in [6.45, 7) is 3.20. The van der Waals surface area contributed by atoms with E-state index in [0.29, 0.717) is 25.3 Å². The van der Waals surface area contributed by atoms with Crippen molar-refractivity contribution < 1.29 is 23.8 Å². The molecule has 3 rings (SSSR count). The predicted molar refractivity (Wildman–Crippen MR) is 104 cm³/mol. The van der Waals surface area contributed by atoms with Gasteiger partial charge in [-0.05, 0) is 54.3 Å². The van der Waals surface area contributed by atoms with Gasteiger partial charge in [0.25, 0.3) is 5.91 Å². The maximum Gasteiger partial charge on any atom is 0.337 e. The zero-order valence-electron chi connectivity index (χ0n) is 16.4. The van der Waals surface area contributed by atoms with Crippen LogP contribution in [0.1, 0.15) is 34.0 Å². The number of benzene rings is 2. The highest BCUT2D eigenvalue weighted by Crippen LogP contribution is 2.22. The van der Waals surface area contributed by atoms with Gasteiger partial charge in [-0.3, -0.25) is 4.79 Å². The normalized spacial score (nSPS) is 14.2. The van der Waals surface area contributed by atoms with E-state index in [1.807, 2.05) is 36.4 Å². The summed E-state index contributed by atoms with van der Waals surface area (Å²) in [6, 6.07) is 13.1. The first-order valence-corrected chi connectivity index (χ1v) is 9.25. The lowest BCUT2D eigenvalue weighted by Gasteiger charge is -2.31. The van der Waals surface area contributed by atoms with Crippen molar-refractivity contribution in [3.8, 4) is 5.75 Å². The third-order valence-electron chi connectivity index (χ3n) is 4.93. The van der Waals surface area contributed by atoms with Crippen molar-refractivity contribution in [3.63, 3.8) is 0 Å². The average molecular weight is 383 g/mol. The molecule has 0 spiro atoms. The van der Waals surface area contributed by atoms with Crippen LogP contribution in [0, 0.1) is 0 Å². The van der Waals surface area contributed by atoms with Gasteiger partial charge in [0.1, 0.15) is 11.9 Å². The SMILES string of the molecule is COC(=O)c1ccc2c(c1)CN(C(=O)[C@H](C)OCc1cccc(OC)c1)CC2. The molecule has 0 radical (unpaired) electrons. The van der Waals surface area contributed by atoms with Crippen LogP contribution in [0.15, 0.2) is 42.5 Å². The van der Waals surface area contributed by atoms with E-state index in [-0.39, 0.29) is 11.9 Å². The summed E-state index contributed by atoms with van der Waals surface area (Å²) >= 11 is 0. The van der Waals surface area contributed by atoms with Crippen LogP contribution < -0.4 is 4.74 Å². The van der Waals surface area contributed by atoms with Crippen LogP contribution in [0.3, 0.4) is 0 Å². The maximum atomic E-state index is 12.8. The minimum atomic E-state index is -0.559. The highest BCUT2D eigenvalue weighted by atomic mass is 16.5. The number of rotatable bonds is 6. The molecule has 0 N–H and O–H groups in total. The molecule has 1 aliphatic heterocycles. The number of esters is 1. The molecule has 1 atom stereocenters. The summed E-state index contributed by atoms with van der Waals surface area (Å²) in [7, 11) is 2.98. The Morgan fingerprint density at radius 1 is 1.11 bits per heavy atom. The summed E-state index contributed by atoms with van der Waals surface area (Å²) in [6.07, 6.45) is 0.196. The largest absolute Gasteiger partial charge is 0.497 e. The Bertz CT molecular complexity index is 864. The zero-order chi connectivity index (χ0) is 20.1. The molecular formula is C22H25NO5. The van der Waals surface area contributed by atoms with E-state index in [0.717, 1.165) is 28.9 Å². The minimum absolute atomic E-state index is 0.0583. The number of methoxy groups -OCH3 is 2. The molecule has 0 saturated carbocycles. The number of ether oxygens (including phenoxy) is 3. The van der Waals surface area contributed by atoms with Gasteiger partial charge in [0.05, 0.1) is 26.4 Å². The summed E-state index contributed by atoms with van der Waals surface area (Å²) in [5, 5.41) is 0. The van der Waals surface area contributed by atoms with E-state index in [4.69, 9.17) is 14.2 Å². The highest BCUT2D eigenvalue weighted by molar-refractivity contribution is 5.89. The Morgan fingerprint density at radius 3 is 2.68 bits per heavy atom. The molecule has 2 aromatic rings. The van der Waals surface area contributed by atoms with E-state index < -0.39 is 6.10 Å². The molecular weight excluding hydrogens is 358 g/mol. The lowest BCUT2D eigenvalue weighted by molar-refractivity contribution is -0.144. The van der Waals surface area contributed by atoms with Crippen LogP contribution in [0.5, 0.6) is 5.75 Å². The first-order valence-electron chi connectivity index (χ1n) is 9.25. The van der Waals surface area contributed by atoms with Crippen molar-refractivity contribution in [1.82, 2.24) is 4.90 Å². The van der Waals surface area contributed by atoms with Crippen LogP contribution in [0.4, 0.5) is 0 Å². The number of nitrogens with zero attached hydrogens (tertiary/aromatic N) is 1. The molecule has 1 amide bonds. The fourth-order valence-corrected chi connectivity index (χ4v) is 3.30. The number of hydrogen-bond acceptors (Lipinski definition) is 5. The number of carbonyl (C=O) groups excluding carboxylic acids is 2. The van der Waals surface area contributed by atoms with Crippen molar-refractivity contribution in [1.29, 1.82) is 0 Å². The zero-order valence-corrected chi connectivity index (χ0v) is 16.4. The van der Waals surface area contributed by atoms with E-state index in [9.17, 15) is 9.59 Å². The first-order chi connectivity index (χ1) is 13.5. The van der Waals surface area contributed by atoms with E-state index in [1.54, 1.807) is 25.0 Å². The maximum absolute atomic E-state index is 12.8. The van der Waals surface area contributed by atoms with Crippen molar-refractivity contribution in [2.45, 2.75) is 32.6 Å². The van der Waals surface area contributed by atoms with Gasteiger partial charge in [-0.1, -0.05) is 18.2 Å². The molecule has 0 aromatic heterocycles. The molecule has 6 nitrogen and oxygen atoms in total. The predicted octanol–water partition coefficient (Wildman–Crippen LogP) is 2.97. The lowest BCUT2D eigenvalue weighted by atomic mass is 9.97. The van der Waals surface area contributed by atoms with Gasteiger partial charge in [0.15, 0.2) is 0 Å². The van der Waals surface area contributed by atoms with Crippen LogP contribution >= 0.6 is 0 Å². The number of carbonyl (C=O) groups is 2. The number of fused-ring (bicyclic) bond motifs is 1. The Morgan fingerprint density at radius 2 is 1.93 bits per heavy atom. The quantitative estimate of drug-likeness (QED) is 0.718. The van der Waals surface area contributed by atoms with Gasteiger partial charge >= 0.3 is 5.97 Å². The van der Waals surface area contributed by atoms with Crippen LogP contribution in [0.25, 0.3) is 0 Å².